The highest BCUT2D eigenvalue weighted by molar-refractivity contribution is 9.10. The lowest BCUT2D eigenvalue weighted by molar-refractivity contribution is -0.353. The Balaban J connectivity index is 1.52. The van der Waals surface area contributed by atoms with Gasteiger partial charge in [0, 0.05) is 49.6 Å². The van der Waals surface area contributed by atoms with E-state index in [4.69, 9.17) is 9.72 Å². The van der Waals surface area contributed by atoms with Crippen molar-refractivity contribution in [3.63, 3.8) is 0 Å². The number of ether oxygens (including phenoxy) is 1. The molecule has 3 heterocycles. The minimum Gasteiger partial charge on any atom is -0.497 e. The number of hydrogen-bond acceptors (Lipinski definition) is 7. The third kappa shape index (κ3) is 5.16. The summed E-state index contributed by atoms with van der Waals surface area (Å²) in [5, 5.41) is 3.40. The first-order valence-electron chi connectivity index (χ1n) is 10.2. The monoisotopic (exact) mass is 484 g/mol. The number of nitrogens with one attached hydrogen (secondary N) is 2. The maximum atomic E-state index is 5.33. The lowest BCUT2D eigenvalue weighted by atomic mass is 10.3. The van der Waals surface area contributed by atoms with Gasteiger partial charge in [-0.05, 0) is 40.2 Å². The van der Waals surface area contributed by atoms with Gasteiger partial charge < -0.3 is 19.9 Å². The van der Waals surface area contributed by atoms with Gasteiger partial charge in [-0.2, -0.15) is 0 Å². The van der Waals surface area contributed by atoms with Crippen molar-refractivity contribution >= 4 is 45.0 Å². The van der Waals surface area contributed by atoms with E-state index < -0.39 is 0 Å². The number of nitrogens with zero attached hydrogens (tertiary/aromatic N) is 5. The first-order valence-corrected chi connectivity index (χ1v) is 11.0. The maximum absolute atomic E-state index is 5.33. The van der Waals surface area contributed by atoms with Gasteiger partial charge in [-0.25, -0.2) is 9.97 Å². The zero-order chi connectivity index (χ0) is 21.8. The van der Waals surface area contributed by atoms with Gasteiger partial charge in [0.05, 0.1) is 26.3 Å². The van der Waals surface area contributed by atoms with Crippen LogP contribution in [0.25, 0.3) is 0 Å². The molecule has 0 radical (unpaired) electrons. The number of hydrogen-bond donors (Lipinski definition) is 1. The van der Waals surface area contributed by atoms with E-state index in [0.717, 1.165) is 65.5 Å². The highest BCUT2D eigenvalue weighted by Gasteiger charge is 2.25. The van der Waals surface area contributed by atoms with Gasteiger partial charge in [-0.1, -0.05) is 11.1 Å². The number of aromatic nitrogens is 3. The van der Waals surface area contributed by atoms with Gasteiger partial charge >= 0.3 is 5.95 Å². The highest BCUT2D eigenvalue weighted by atomic mass is 79.9. The molecule has 4 rings (SSSR count). The zero-order valence-electron chi connectivity index (χ0n) is 18.0. The van der Waals surface area contributed by atoms with Crippen LogP contribution in [0.2, 0.25) is 0 Å². The lowest BCUT2D eigenvalue weighted by Gasteiger charge is -2.33. The van der Waals surface area contributed by atoms with E-state index in [1.165, 1.54) is 0 Å². The van der Waals surface area contributed by atoms with Crippen molar-refractivity contribution in [1.29, 1.82) is 0 Å². The maximum Gasteiger partial charge on any atom is 0.349 e. The smallest absolute Gasteiger partial charge is 0.349 e. The summed E-state index contributed by atoms with van der Waals surface area (Å²) in [6.07, 6.45) is 1.84. The Morgan fingerprint density at radius 1 is 1.06 bits per heavy atom. The Kier molecular flexibility index (Phi) is 6.41. The average molecular weight is 485 g/mol. The molecule has 0 unspecified atom stereocenters. The third-order valence-electron chi connectivity index (χ3n) is 5.18. The predicted octanol–water partition coefficient (Wildman–Crippen LogP) is 3.20. The second-order valence-corrected chi connectivity index (χ2v) is 8.45. The minimum absolute atomic E-state index is 0.780. The summed E-state index contributed by atoms with van der Waals surface area (Å²) in [6, 6.07) is 13.9. The van der Waals surface area contributed by atoms with E-state index in [2.05, 4.69) is 41.0 Å². The summed E-state index contributed by atoms with van der Waals surface area (Å²) in [4.78, 5) is 19.5. The second-order valence-electron chi connectivity index (χ2n) is 7.54. The number of piperazine rings is 1. The zero-order valence-corrected chi connectivity index (χ0v) is 19.6. The number of methoxy groups -OCH3 is 1. The molecule has 0 saturated carbocycles. The van der Waals surface area contributed by atoms with Crippen LogP contribution in [-0.2, 0) is 0 Å². The molecule has 162 valence electrons. The standard InChI is InChI=1S/C22H26BrN7O/c1-28(2)21-14-19(25-17-5-4-6-18(13-17)31-3)26-22(27-21)30-11-9-29(10-12-30)20-8-7-16(23)15-24-20/h4-8,13-15H,9-12H2,1-3H3,(H,25,26,27)/p+1. The van der Waals surface area contributed by atoms with Gasteiger partial charge in [0.1, 0.15) is 11.6 Å². The summed E-state index contributed by atoms with van der Waals surface area (Å²) in [5.41, 5.74) is 0.930. The molecule has 1 saturated heterocycles. The van der Waals surface area contributed by atoms with Gasteiger partial charge in [0.25, 0.3) is 0 Å². The SMILES string of the molecule is COc1cccc(Nc2cc(N(C)C)[nH+]c(N3CCN(c4ccc(Br)cn4)CC3)n2)c1. The van der Waals surface area contributed by atoms with Crippen LogP contribution in [0, 0.1) is 0 Å². The fraction of sp³-hybridized carbons (Fsp3) is 0.318. The molecule has 31 heavy (non-hydrogen) atoms. The first-order chi connectivity index (χ1) is 15.0. The molecule has 1 aliphatic heterocycles. The molecule has 0 aliphatic carbocycles. The summed E-state index contributed by atoms with van der Waals surface area (Å²) in [6.45, 7) is 3.48. The molecule has 2 aromatic heterocycles. The molecule has 1 aliphatic rings. The molecule has 0 spiro atoms. The number of pyridine rings is 1. The van der Waals surface area contributed by atoms with Crippen LogP contribution >= 0.6 is 15.9 Å². The molecular formula is C22H27BrN7O+. The highest BCUT2D eigenvalue weighted by Crippen LogP contribution is 2.24. The van der Waals surface area contributed by atoms with Crippen LogP contribution in [0.3, 0.4) is 0 Å². The number of anilines is 5. The number of benzene rings is 1. The van der Waals surface area contributed by atoms with E-state index in [1.54, 1.807) is 7.11 Å². The first kappa shape index (κ1) is 21.2. The van der Waals surface area contributed by atoms with Crippen molar-refractivity contribution in [3.05, 3.63) is 53.1 Å². The van der Waals surface area contributed by atoms with Crippen LogP contribution in [-0.4, -0.2) is 57.4 Å². The van der Waals surface area contributed by atoms with E-state index in [9.17, 15) is 0 Å². The molecular weight excluding hydrogens is 458 g/mol. The van der Waals surface area contributed by atoms with E-state index in [1.807, 2.05) is 67.7 Å². The van der Waals surface area contributed by atoms with Crippen molar-refractivity contribution in [1.82, 2.24) is 9.97 Å². The van der Waals surface area contributed by atoms with Gasteiger partial charge in [-0.3, -0.25) is 4.90 Å². The van der Waals surface area contributed by atoms with Crippen LogP contribution in [0.4, 0.5) is 29.1 Å². The Morgan fingerprint density at radius 3 is 2.52 bits per heavy atom. The Morgan fingerprint density at radius 2 is 1.84 bits per heavy atom. The molecule has 3 aromatic rings. The average Bonchev–Trinajstić information content (AvgIpc) is 2.79. The van der Waals surface area contributed by atoms with Gasteiger partial charge in [0.15, 0.2) is 11.6 Å². The van der Waals surface area contributed by atoms with Crippen LogP contribution in [0.1, 0.15) is 0 Å². The summed E-state index contributed by atoms with van der Waals surface area (Å²) >= 11 is 3.45. The molecule has 8 nitrogen and oxygen atoms in total. The van der Waals surface area contributed by atoms with E-state index in [-0.39, 0.29) is 0 Å². The van der Waals surface area contributed by atoms with Crippen molar-refractivity contribution in [2.75, 3.05) is 67.4 Å². The van der Waals surface area contributed by atoms with Crippen LogP contribution < -0.4 is 29.7 Å². The van der Waals surface area contributed by atoms with Gasteiger partial charge in [-0.15, -0.1) is 0 Å². The van der Waals surface area contributed by atoms with Crippen LogP contribution in [0.5, 0.6) is 5.75 Å². The molecule has 0 amide bonds. The lowest BCUT2D eigenvalue weighted by Crippen LogP contribution is -2.49. The van der Waals surface area contributed by atoms with Crippen LogP contribution in [0.15, 0.2) is 53.1 Å². The van der Waals surface area contributed by atoms with Gasteiger partial charge in [0.2, 0.25) is 0 Å². The Bertz CT molecular complexity index is 1020. The van der Waals surface area contributed by atoms with E-state index in [0.29, 0.717) is 0 Å². The normalized spacial score (nSPS) is 13.8. The molecule has 0 atom stereocenters. The number of H-pyrrole nitrogens is 1. The Labute approximate surface area is 191 Å². The third-order valence-corrected chi connectivity index (χ3v) is 5.65. The quantitative estimate of drug-likeness (QED) is 0.575. The largest absolute Gasteiger partial charge is 0.497 e. The fourth-order valence-electron chi connectivity index (χ4n) is 3.46. The summed E-state index contributed by atoms with van der Waals surface area (Å²) in [5.74, 6) is 4.41. The van der Waals surface area contributed by atoms with E-state index >= 15 is 0 Å². The minimum atomic E-state index is 0.780. The molecule has 1 fully saturated rings. The molecule has 0 bridgehead atoms. The van der Waals surface area contributed by atoms with Crippen molar-refractivity contribution in [2.24, 2.45) is 0 Å². The number of aromatic amines is 1. The van der Waals surface area contributed by atoms with Crippen molar-refractivity contribution < 1.29 is 9.72 Å². The Hall–Kier alpha value is -3.07. The van der Waals surface area contributed by atoms with Crippen molar-refractivity contribution in [2.45, 2.75) is 0 Å². The predicted molar refractivity (Wildman–Crippen MR) is 128 cm³/mol. The molecule has 2 N–H and O–H groups in total. The second kappa shape index (κ2) is 9.38. The topological polar surface area (TPSA) is 70.9 Å². The fourth-order valence-corrected chi connectivity index (χ4v) is 3.69. The molecule has 9 heteroatoms. The number of halogens is 1. The summed E-state index contributed by atoms with van der Waals surface area (Å²) < 4.78 is 6.32. The number of rotatable bonds is 6. The molecule has 1 aromatic carbocycles. The summed E-state index contributed by atoms with van der Waals surface area (Å²) in [7, 11) is 5.70. The van der Waals surface area contributed by atoms with Crippen molar-refractivity contribution in [3.8, 4) is 5.75 Å².